The van der Waals surface area contributed by atoms with Crippen LogP contribution in [0.4, 0.5) is 11.4 Å². The molecule has 2 saturated heterocycles. The summed E-state index contributed by atoms with van der Waals surface area (Å²) in [6.45, 7) is 1.11. The molecule has 32 heavy (non-hydrogen) atoms. The van der Waals surface area contributed by atoms with Crippen LogP contribution in [-0.4, -0.2) is 71.2 Å². The number of carbonyl (C=O) groups excluding carboxylic acids is 3. The summed E-state index contributed by atoms with van der Waals surface area (Å²) >= 11 is 0. The molecule has 2 atom stereocenters. The van der Waals surface area contributed by atoms with E-state index < -0.39 is 12.1 Å². The number of nitrogens with zero attached hydrogens (tertiary/aromatic N) is 3. The lowest BCUT2D eigenvalue weighted by Gasteiger charge is -2.27. The molecule has 2 aliphatic heterocycles. The largest absolute Gasteiger partial charge is 0.391 e. The monoisotopic (exact) mass is 436 g/mol. The van der Waals surface area contributed by atoms with Gasteiger partial charge in [-0.1, -0.05) is 0 Å². The van der Waals surface area contributed by atoms with E-state index in [1.165, 1.54) is 11.0 Å². The number of amides is 3. The van der Waals surface area contributed by atoms with Crippen LogP contribution in [0, 0.1) is 0 Å². The summed E-state index contributed by atoms with van der Waals surface area (Å²) in [6, 6.07) is 9.67. The Morgan fingerprint density at radius 3 is 2.62 bits per heavy atom. The minimum Gasteiger partial charge on any atom is -0.391 e. The lowest BCUT2D eigenvalue weighted by molar-refractivity contribution is -0.132. The Kier molecular flexibility index (Phi) is 6.58. The third kappa shape index (κ3) is 5.01. The molecule has 0 aliphatic carbocycles. The van der Waals surface area contributed by atoms with Crippen LogP contribution in [-0.2, 0) is 19.1 Å². The maximum Gasteiger partial charge on any atom is 0.253 e. The molecule has 2 aromatic rings. The van der Waals surface area contributed by atoms with Gasteiger partial charge in [-0.25, -0.2) is 0 Å². The van der Waals surface area contributed by atoms with E-state index in [9.17, 15) is 19.5 Å². The number of carbonyl (C=O) groups is 3. The van der Waals surface area contributed by atoms with E-state index in [1.54, 1.807) is 59.8 Å². The molecule has 9 nitrogen and oxygen atoms in total. The number of hydrogen-bond acceptors (Lipinski definition) is 6. The molecule has 3 amide bonds. The lowest BCUT2D eigenvalue weighted by Crippen LogP contribution is -2.42. The molecule has 1 aromatic heterocycles. The third-order valence-corrected chi connectivity index (χ3v) is 5.42. The van der Waals surface area contributed by atoms with Crippen molar-refractivity contribution in [2.45, 2.75) is 18.6 Å². The van der Waals surface area contributed by atoms with Crippen molar-refractivity contribution < 1.29 is 24.2 Å². The van der Waals surface area contributed by atoms with Gasteiger partial charge in [0.15, 0.2) is 0 Å². The van der Waals surface area contributed by atoms with Gasteiger partial charge in [0.25, 0.3) is 5.91 Å². The van der Waals surface area contributed by atoms with E-state index in [1.807, 2.05) is 0 Å². The molecule has 0 saturated carbocycles. The average Bonchev–Trinajstić information content (AvgIpc) is 3.21. The van der Waals surface area contributed by atoms with E-state index >= 15 is 0 Å². The fraction of sp³-hybridized carbons (Fsp3) is 0.304. The Labute approximate surface area is 185 Å². The molecule has 0 radical (unpaired) electrons. The Bertz CT molecular complexity index is 1010. The number of rotatable bonds is 5. The van der Waals surface area contributed by atoms with Gasteiger partial charge < -0.3 is 25.0 Å². The fourth-order valence-electron chi connectivity index (χ4n) is 3.79. The van der Waals surface area contributed by atoms with Crippen LogP contribution < -0.4 is 10.2 Å². The van der Waals surface area contributed by atoms with Crippen molar-refractivity contribution >= 4 is 35.2 Å². The van der Waals surface area contributed by atoms with Crippen LogP contribution >= 0.6 is 0 Å². The highest BCUT2D eigenvalue weighted by Gasteiger charge is 2.38. The molecule has 0 spiro atoms. The fourth-order valence-corrected chi connectivity index (χ4v) is 3.79. The quantitative estimate of drug-likeness (QED) is 0.678. The second kappa shape index (κ2) is 9.71. The zero-order chi connectivity index (χ0) is 22.5. The highest BCUT2D eigenvalue weighted by Crippen LogP contribution is 2.23. The predicted octanol–water partition coefficient (Wildman–Crippen LogP) is 1.06. The number of morpholine rings is 1. The Morgan fingerprint density at radius 2 is 1.91 bits per heavy atom. The number of aliphatic hydroxyl groups is 1. The lowest BCUT2D eigenvalue weighted by atomic mass is 10.1. The number of aliphatic hydroxyl groups excluding tert-OH is 1. The molecule has 0 bridgehead atoms. The Hall–Kier alpha value is -3.56. The number of ether oxygens (including phenoxy) is 1. The molecule has 4 rings (SSSR count). The molecule has 2 fully saturated rings. The maximum absolute atomic E-state index is 12.9. The van der Waals surface area contributed by atoms with E-state index in [0.717, 1.165) is 11.3 Å². The van der Waals surface area contributed by atoms with Crippen LogP contribution in [0.3, 0.4) is 0 Å². The molecule has 9 heteroatoms. The van der Waals surface area contributed by atoms with Gasteiger partial charge in [0.1, 0.15) is 12.6 Å². The number of aromatic nitrogens is 1. The standard InChI is InChI=1S/C23H24N4O5/c28-19-13-20(27(14-19)21(29)6-1-16-7-9-24-10-8-16)23(31)25-17-2-4-18(5-3-17)26-11-12-32-15-22(26)30/h1-10,19-20,28H,11-15H2,(H,25,31)/t19-,20-/m1/s1. The van der Waals surface area contributed by atoms with Gasteiger partial charge in [0, 0.05) is 49.4 Å². The highest BCUT2D eigenvalue weighted by atomic mass is 16.5. The van der Waals surface area contributed by atoms with Crippen LogP contribution in [0.5, 0.6) is 0 Å². The number of pyridine rings is 1. The van der Waals surface area contributed by atoms with Gasteiger partial charge >= 0.3 is 0 Å². The topological polar surface area (TPSA) is 112 Å². The second-order valence-electron chi connectivity index (χ2n) is 7.64. The first-order valence-electron chi connectivity index (χ1n) is 10.4. The van der Waals surface area contributed by atoms with E-state index in [0.29, 0.717) is 18.8 Å². The van der Waals surface area contributed by atoms with Gasteiger partial charge in [-0.05, 0) is 48.0 Å². The third-order valence-electron chi connectivity index (χ3n) is 5.42. The van der Waals surface area contributed by atoms with E-state index in [-0.39, 0.29) is 37.3 Å². The minimum absolute atomic E-state index is 0.0575. The number of anilines is 2. The number of hydrogen-bond donors (Lipinski definition) is 2. The van der Waals surface area contributed by atoms with Gasteiger partial charge in [0.2, 0.25) is 11.8 Å². The van der Waals surface area contributed by atoms with Crippen LogP contribution in [0.2, 0.25) is 0 Å². The van der Waals surface area contributed by atoms with Crippen molar-refractivity contribution in [1.29, 1.82) is 0 Å². The van der Waals surface area contributed by atoms with Gasteiger partial charge in [-0.3, -0.25) is 19.4 Å². The smallest absolute Gasteiger partial charge is 0.253 e. The first-order valence-corrected chi connectivity index (χ1v) is 10.4. The average molecular weight is 436 g/mol. The van der Waals surface area contributed by atoms with Gasteiger partial charge in [-0.2, -0.15) is 0 Å². The van der Waals surface area contributed by atoms with E-state index in [2.05, 4.69) is 10.3 Å². The van der Waals surface area contributed by atoms with Crippen LogP contribution in [0.15, 0.2) is 54.9 Å². The zero-order valence-corrected chi connectivity index (χ0v) is 17.4. The number of benzene rings is 1. The predicted molar refractivity (Wildman–Crippen MR) is 118 cm³/mol. The minimum atomic E-state index is -0.778. The molecule has 0 unspecified atom stereocenters. The first-order chi connectivity index (χ1) is 15.5. The van der Waals surface area contributed by atoms with Crippen molar-refractivity contribution in [3.8, 4) is 0 Å². The van der Waals surface area contributed by atoms with Crippen molar-refractivity contribution in [1.82, 2.24) is 9.88 Å². The second-order valence-corrected chi connectivity index (χ2v) is 7.64. The molecule has 2 N–H and O–H groups in total. The van der Waals surface area contributed by atoms with Crippen molar-refractivity contribution in [2.75, 3.05) is 36.5 Å². The maximum atomic E-state index is 12.9. The number of β-amino-alcohol motifs (C(OH)–C–C–N with tert-alkyl or cyclic N) is 1. The normalized spacial score (nSPS) is 21.2. The summed E-state index contributed by atoms with van der Waals surface area (Å²) in [5.74, 6) is -0.830. The Morgan fingerprint density at radius 1 is 1.16 bits per heavy atom. The summed E-state index contributed by atoms with van der Waals surface area (Å²) < 4.78 is 5.14. The molecular weight excluding hydrogens is 412 g/mol. The molecule has 3 heterocycles. The van der Waals surface area contributed by atoms with Gasteiger partial charge in [0.05, 0.1) is 12.7 Å². The van der Waals surface area contributed by atoms with E-state index in [4.69, 9.17) is 4.74 Å². The summed E-state index contributed by atoms with van der Waals surface area (Å²) in [5.41, 5.74) is 2.08. The molecular formula is C23H24N4O5. The SMILES string of the molecule is O=C(Nc1ccc(N2CCOCC2=O)cc1)[C@H]1C[C@@H](O)CN1C(=O)C=Cc1ccncc1. The van der Waals surface area contributed by atoms with Crippen molar-refractivity contribution in [3.05, 3.63) is 60.4 Å². The number of nitrogens with one attached hydrogen (secondary N) is 1. The Balaban J connectivity index is 1.40. The van der Waals surface area contributed by atoms with Gasteiger partial charge in [-0.15, -0.1) is 0 Å². The molecule has 1 aromatic carbocycles. The summed E-state index contributed by atoms with van der Waals surface area (Å²) in [5, 5.41) is 12.9. The first kappa shape index (κ1) is 21.7. The van der Waals surface area contributed by atoms with Crippen LogP contribution in [0.1, 0.15) is 12.0 Å². The molecule has 2 aliphatic rings. The molecule has 166 valence electrons. The summed E-state index contributed by atoms with van der Waals surface area (Å²) in [7, 11) is 0. The van der Waals surface area contributed by atoms with Crippen LogP contribution in [0.25, 0.3) is 6.08 Å². The van der Waals surface area contributed by atoms with Crippen molar-refractivity contribution in [2.24, 2.45) is 0 Å². The number of likely N-dealkylation sites (tertiary alicyclic amines) is 1. The van der Waals surface area contributed by atoms with Crippen molar-refractivity contribution in [3.63, 3.8) is 0 Å². The zero-order valence-electron chi connectivity index (χ0n) is 17.4. The summed E-state index contributed by atoms with van der Waals surface area (Å²) in [4.78, 5) is 44.4. The summed E-state index contributed by atoms with van der Waals surface area (Å²) in [6.07, 6.45) is 5.69. The highest BCUT2D eigenvalue weighted by molar-refractivity contribution is 6.01.